The van der Waals surface area contributed by atoms with Crippen molar-refractivity contribution in [2.45, 2.75) is 45.7 Å². The Hall–Kier alpha value is -1.32. The fourth-order valence-corrected chi connectivity index (χ4v) is 2.57. The summed E-state index contributed by atoms with van der Waals surface area (Å²) in [5, 5.41) is 1.34. The number of hydrogen-bond acceptors (Lipinski definition) is 2. The smallest absolute Gasteiger partial charge is 0.0483 e. The standard InChI is InChI=1S/C17H26N2O/c1-3-15(18)13-14-7-5-8-17-16(14)9-11-19(17)10-6-12-20-4-2/h5,7-9,11,15H,3-4,6,10,12-13,18H2,1-2H3. The number of aromatic nitrogens is 1. The normalized spacial score (nSPS) is 12.9. The van der Waals surface area contributed by atoms with Gasteiger partial charge in [-0.15, -0.1) is 0 Å². The summed E-state index contributed by atoms with van der Waals surface area (Å²) >= 11 is 0. The number of hydrogen-bond donors (Lipinski definition) is 1. The summed E-state index contributed by atoms with van der Waals surface area (Å²) in [6.07, 6.45) is 5.20. The molecule has 1 atom stereocenters. The third kappa shape index (κ3) is 3.62. The predicted octanol–water partition coefficient (Wildman–Crippen LogP) is 3.35. The Morgan fingerprint density at radius 2 is 2.10 bits per heavy atom. The van der Waals surface area contributed by atoms with Crippen LogP contribution in [0.25, 0.3) is 10.9 Å². The minimum absolute atomic E-state index is 0.252. The Labute approximate surface area is 121 Å². The van der Waals surface area contributed by atoms with Crippen LogP contribution in [0.1, 0.15) is 32.3 Å². The van der Waals surface area contributed by atoms with Crippen molar-refractivity contribution >= 4 is 10.9 Å². The molecule has 20 heavy (non-hydrogen) atoms. The molecule has 0 spiro atoms. The molecule has 1 heterocycles. The van der Waals surface area contributed by atoms with Crippen LogP contribution in [0.15, 0.2) is 30.5 Å². The second-order valence-electron chi connectivity index (χ2n) is 5.28. The SMILES string of the molecule is CCOCCCn1ccc2c(CC(N)CC)cccc21. The highest BCUT2D eigenvalue weighted by Gasteiger charge is 2.08. The lowest BCUT2D eigenvalue weighted by Crippen LogP contribution is -2.21. The molecule has 2 rings (SSSR count). The summed E-state index contributed by atoms with van der Waals surface area (Å²) in [6.45, 7) is 6.81. The summed E-state index contributed by atoms with van der Waals surface area (Å²) in [4.78, 5) is 0. The number of ether oxygens (including phenoxy) is 1. The molecule has 0 aliphatic rings. The highest BCUT2D eigenvalue weighted by atomic mass is 16.5. The van der Waals surface area contributed by atoms with Gasteiger partial charge < -0.3 is 15.0 Å². The van der Waals surface area contributed by atoms with E-state index in [-0.39, 0.29) is 6.04 Å². The first-order chi connectivity index (χ1) is 9.76. The number of fused-ring (bicyclic) bond motifs is 1. The van der Waals surface area contributed by atoms with Crippen molar-refractivity contribution in [2.75, 3.05) is 13.2 Å². The average Bonchev–Trinajstić information content (AvgIpc) is 2.88. The van der Waals surface area contributed by atoms with E-state index in [4.69, 9.17) is 10.5 Å². The van der Waals surface area contributed by atoms with E-state index in [2.05, 4.69) is 42.0 Å². The fourth-order valence-electron chi connectivity index (χ4n) is 2.57. The summed E-state index contributed by atoms with van der Waals surface area (Å²) in [7, 11) is 0. The average molecular weight is 274 g/mol. The third-order valence-corrected chi connectivity index (χ3v) is 3.80. The van der Waals surface area contributed by atoms with Crippen LogP contribution in [0.3, 0.4) is 0 Å². The molecule has 0 amide bonds. The van der Waals surface area contributed by atoms with Crippen molar-refractivity contribution in [1.82, 2.24) is 4.57 Å². The molecular weight excluding hydrogens is 248 g/mol. The number of nitrogens with two attached hydrogens (primary N) is 1. The Kier molecular flexibility index (Phi) is 5.62. The van der Waals surface area contributed by atoms with Gasteiger partial charge in [0.15, 0.2) is 0 Å². The molecule has 0 aliphatic carbocycles. The van der Waals surface area contributed by atoms with Gasteiger partial charge in [-0.2, -0.15) is 0 Å². The maximum atomic E-state index is 6.09. The highest BCUT2D eigenvalue weighted by molar-refractivity contribution is 5.83. The van der Waals surface area contributed by atoms with E-state index < -0.39 is 0 Å². The first kappa shape index (κ1) is 15.1. The molecule has 1 aromatic carbocycles. The van der Waals surface area contributed by atoms with E-state index in [0.717, 1.165) is 39.0 Å². The van der Waals surface area contributed by atoms with Gasteiger partial charge in [-0.3, -0.25) is 0 Å². The second-order valence-corrected chi connectivity index (χ2v) is 5.28. The number of aryl methyl sites for hydroxylation is 1. The topological polar surface area (TPSA) is 40.2 Å². The molecule has 0 saturated heterocycles. The van der Waals surface area contributed by atoms with Crippen molar-refractivity contribution in [2.24, 2.45) is 5.73 Å². The lowest BCUT2D eigenvalue weighted by Gasteiger charge is -2.11. The summed E-state index contributed by atoms with van der Waals surface area (Å²) < 4.78 is 7.72. The first-order valence-electron chi connectivity index (χ1n) is 7.66. The largest absolute Gasteiger partial charge is 0.382 e. The van der Waals surface area contributed by atoms with Crippen molar-refractivity contribution < 1.29 is 4.74 Å². The van der Waals surface area contributed by atoms with E-state index in [0.29, 0.717) is 0 Å². The van der Waals surface area contributed by atoms with Gasteiger partial charge >= 0.3 is 0 Å². The van der Waals surface area contributed by atoms with Crippen LogP contribution in [0.4, 0.5) is 0 Å². The van der Waals surface area contributed by atoms with Gasteiger partial charge in [-0.25, -0.2) is 0 Å². The Balaban J connectivity index is 2.12. The minimum atomic E-state index is 0.252. The first-order valence-corrected chi connectivity index (χ1v) is 7.66. The molecule has 2 N–H and O–H groups in total. The Morgan fingerprint density at radius 3 is 2.85 bits per heavy atom. The van der Waals surface area contributed by atoms with Crippen LogP contribution >= 0.6 is 0 Å². The van der Waals surface area contributed by atoms with Crippen LogP contribution in [0.5, 0.6) is 0 Å². The Bertz CT molecular complexity index is 533. The minimum Gasteiger partial charge on any atom is -0.382 e. The van der Waals surface area contributed by atoms with E-state index in [9.17, 15) is 0 Å². The number of benzene rings is 1. The van der Waals surface area contributed by atoms with Gasteiger partial charge in [-0.05, 0) is 43.9 Å². The maximum Gasteiger partial charge on any atom is 0.0483 e. The van der Waals surface area contributed by atoms with Gasteiger partial charge in [0, 0.05) is 42.9 Å². The third-order valence-electron chi connectivity index (χ3n) is 3.80. The van der Waals surface area contributed by atoms with Crippen molar-refractivity contribution in [3.8, 4) is 0 Å². The van der Waals surface area contributed by atoms with Crippen LogP contribution in [-0.2, 0) is 17.7 Å². The monoisotopic (exact) mass is 274 g/mol. The lowest BCUT2D eigenvalue weighted by atomic mass is 10.0. The van der Waals surface area contributed by atoms with Crippen molar-refractivity contribution in [1.29, 1.82) is 0 Å². The zero-order valence-electron chi connectivity index (χ0n) is 12.6. The van der Waals surface area contributed by atoms with E-state index in [1.807, 2.05) is 6.92 Å². The molecule has 0 fully saturated rings. The van der Waals surface area contributed by atoms with Gasteiger partial charge in [0.05, 0.1) is 0 Å². The van der Waals surface area contributed by atoms with Gasteiger partial charge in [0.2, 0.25) is 0 Å². The molecule has 110 valence electrons. The van der Waals surface area contributed by atoms with Gasteiger partial charge in [-0.1, -0.05) is 19.1 Å². The number of nitrogens with zero attached hydrogens (tertiary/aromatic N) is 1. The fraction of sp³-hybridized carbons (Fsp3) is 0.529. The Morgan fingerprint density at radius 1 is 1.25 bits per heavy atom. The predicted molar refractivity (Wildman–Crippen MR) is 85.0 cm³/mol. The molecule has 0 saturated carbocycles. The molecule has 3 nitrogen and oxygen atoms in total. The van der Waals surface area contributed by atoms with Crippen LogP contribution in [0, 0.1) is 0 Å². The summed E-state index contributed by atoms with van der Waals surface area (Å²) in [5.74, 6) is 0. The summed E-state index contributed by atoms with van der Waals surface area (Å²) in [5.41, 5.74) is 8.76. The van der Waals surface area contributed by atoms with Gasteiger partial charge in [0.1, 0.15) is 0 Å². The van der Waals surface area contributed by atoms with Crippen LogP contribution in [-0.4, -0.2) is 23.8 Å². The number of rotatable bonds is 8. The molecule has 0 aliphatic heterocycles. The maximum absolute atomic E-state index is 6.09. The highest BCUT2D eigenvalue weighted by Crippen LogP contribution is 2.22. The molecule has 0 bridgehead atoms. The molecule has 1 aromatic heterocycles. The van der Waals surface area contributed by atoms with E-state index in [1.54, 1.807) is 0 Å². The summed E-state index contributed by atoms with van der Waals surface area (Å²) in [6, 6.07) is 8.99. The van der Waals surface area contributed by atoms with E-state index in [1.165, 1.54) is 16.5 Å². The quantitative estimate of drug-likeness (QED) is 0.750. The molecular formula is C17H26N2O. The molecule has 0 radical (unpaired) electrons. The molecule has 3 heteroatoms. The zero-order chi connectivity index (χ0) is 14.4. The molecule has 2 aromatic rings. The van der Waals surface area contributed by atoms with E-state index >= 15 is 0 Å². The van der Waals surface area contributed by atoms with Gasteiger partial charge in [0.25, 0.3) is 0 Å². The lowest BCUT2D eigenvalue weighted by molar-refractivity contribution is 0.142. The van der Waals surface area contributed by atoms with Crippen molar-refractivity contribution in [3.63, 3.8) is 0 Å². The van der Waals surface area contributed by atoms with Crippen LogP contribution < -0.4 is 5.73 Å². The van der Waals surface area contributed by atoms with Crippen LogP contribution in [0.2, 0.25) is 0 Å². The van der Waals surface area contributed by atoms with Crippen molar-refractivity contribution in [3.05, 3.63) is 36.0 Å². The second kappa shape index (κ2) is 7.46. The molecule has 1 unspecified atom stereocenters. The zero-order valence-corrected chi connectivity index (χ0v) is 12.6.